The maximum atomic E-state index is 5.54. The highest BCUT2D eigenvalue weighted by Crippen LogP contribution is 2.18. The van der Waals surface area contributed by atoms with Gasteiger partial charge in [0.15, 0.2) is 0 Å². The van der Waals surface area contributed by atoms with Crippen LogP contribution in [0.1, 0.15) is 32.3 Å². The maximum Gasteiger partial charge on any atom is 0.138 e. The minimum Gasteiger partial charge on any atom is -0.492 e. The zero-order chi connectivity index (χ0) is 11.8. The van der Waals surface area contributed by atoms with Gasteiger partial charge >= 0.3 is 0 Å². The van der Waals surface area contributed by atoms with E-state index < -0.39 is 0 Å². The Kier molecular flexibility index (Phi) is 5.57. The molecule has 0 saturated heterocycles. The number of nitrogens with two attached hydrogens (primary N) is 1. The molecule has 3 heteroatoms. The predicted molar refractivity (Wildman–Crippen MR) is 67.3 cm³/mol. The Labute approximate surface area is 97.3 Å². The fourth-order valence-electron chi connectivity index (χ4n) is 1.35. The van der Waals surface area contributed by atoms with E-state index in [1.165, 1.54) is 5.57 Å². The highest BCUT2D eigenvalue weighted by molar-refractivity contribution is 5.63. The summed E-state index contributed by atoms with van der Waals surface area (Å²) < 4.78 is 5.54. The second-order valence-electron chi connectivity index (χ2n) is 3.72. The molecular weight excluding hydrogens is 200 g/mol. The lowest BCUT2D eigenvalue weighted by Crippen LogP contribution is -1.97. The van der Waals surface area contributed by atoms with Crippen molar-refractivity contribution in [2.45, 2.75) is 26.7 Å². The first-order valence-electron chi connectivity index (χ1n) is 5.73. The van der Waals surface area contributed by atoms with Crippen LogP contribution in [0, 0.1) is 0 Å². The fraction of sp³-hybridized carbons (Fsp3) is 0.462. The summed E-state index contributed by atoms with van der Waals surface area (Å²) in [5.41, 5.74) is 7.76. The third-order valence-corrected chi connectivity index (χ3v) is 2.26. The van der Waals surface area contributed by atoms with Gasteiger partial charge in [-0.1, -0.05) is 13.0 Å². The molecule has 0 unspecified atom stereocenters. The first-order valence-corrected chi connectivity index (χ1v) is 5.73. The van der Waals surface area contributed by atoms with Gasteiger partial charge in [-0.25, -0.2) is 0 Å². The molecule has 0 bridgehead atoms. The second-order valence-corrected chi connectivity index (χ2v) is 3.72. The summed E-state index contributed by atoms with van der Waals surface area (Å²) >= 11 is 0. The van der Waals surface area contributed by atoms with Crippen molar-refractivity contribution < 1.29 is 4.74 Å². The molecule has 2 N–H and O–H groups in total. The van der Waals surface area contributed by atoms with E-state index in [9.17, 15) is 0 Å². The lowest BCUT2D eigenvalue weighted by atomic mass is 10.1. The topological polar surface area (TPSA) is 48.1 Å². The molecule has 1 aromatic rings. The van der Waals surface area contributed by atoms with E-state index in [4.69, 9.17) is 10.5 Å². The van der Waals surface area contributed by atoms with Crippen LogP contribution >= 0.6 is 0 Å². The molecule has 0 atom stereocenters. The van der Waals surface area contributed by atoms with Gasteiger partial charge in [-0.3, -0.25) is 4.98 Å². The van der Waals surface area contributed by atoms with Gasteiger partial charge in [0.1, 0.15) is 5.75 Å². The molecule has 0 aromatic carbocycles. The zero-order valence-electron chi connectivity index (χ0n) is 10.1. The van der Waals surface area contributed by atoms with Crippen LogP contribution in [-0.2, 0) is 0 Å². The molecular formula is C13H20N2O. The summed E-state index contributed by atoms with van der Waals surface area (Å²) in [6.45, 7) is 5.56. The molecule has 0 radical (unpaired) electrons. The van der Waals surface area contributed by atoms with Crippen LogP contribution in [0.25, 0.3) is 5.57 Å². The molecule has 0 fully saturated rings. The number of rotatable bonds is 6. The lowest BCUT2D eigenvalue weighted by Gasteiger charge is -2.06. The summed E-state index contributed by atoms with van der Waals surface area (Å²) in [4.78, 5) is 4.17. The van der Waals surface area contributed by atoms with Crippen molar-refractivity contribution in [3.8, 4) is 5.75 Å². The molecule has 1 heterocycles. The molecule has 0 aliphatic heterocycles. The summed E-state index contributed by atoms with van der Waals surface area (Å²) in [5, 5.41) is 0. The highest BCUT2D eigenvalue weighted by atomic mass is 16.5. The van der Waals surface area contributed by atoms with Crippen molar-refractivity contribution in [1.82, 2.24) is 4.98 Å². The van der Waals surface area contributed by atoms with Crippen LogP contribution in [-0.4, -0.2) is 18.1 Å². The van der Waals surface area contributed by atoms with Gasteiger partial charge in [0, 0.05) is 6.20 Å². The second kappa shape index (κ2) is 7.01. The van der Waals surface area contributed by atoms with Crippen LogP contribution in [0.15, 0.2) is 24.5 Å². The summed E-state index contributed by atoms with van der Waals surface area (Å²) in [5.74, 6) is 0.833. The Morgan fingerprint density at radius 2 is 2.31 bits per heavy atom. The molecule has 0 aliphatic rings. The standard InChI is InChI=1S/C13H20N2O/c1-3-7-16-13-8-12(9-15-10-13)11(2)5-4-6-14/h5,8-10H,3-4,6-7,14H2,1-2H3/b11-5+. The van der Waals surface area contributed by atoms with Gasteiger partial charge in [0.25, 0.3) is 0 Å². The predicted octanol–water partition coefficient (Wildman–Crippen LogP) is 2.62. The number of pyridine rings is 1. The quantitative estimate of drug-likeness (QED) is 0.801. The van der Waals surface area contributed by atoms with Gasteiger partial charge in [-0.2, -0.15) is 0 Å². The largest absolute Gasteiger partial charge is 0.492 e. The number of aromatic nitrogens is 1. The molecule has 0 saturated carbocycles. The minimum atomic E-state index is 0.677. The molecule has 1 aromatic heterocycles. The Hall–Kier alpha value is -1.35. The summed E-state index contributed by atoms with van der Waals surface area (Å²) in [6, 6.07) is 2.02. The van der Waals surface area contributed by atoms with Crippen LogP contribution in [0.5, 0.6) is 5.75 Å². The summed E-state index contributed by atoms with van der Waals surface area (Å²) in [6.07, 6.45) is 7.62. The average molecular weight is 220 g/mol. The van der Waals surface area contributed by atoms with Crippen LogP contribution in [0.4, 0.5) is 0 Å². The normalized spacial score (nSPS) is 11.6. The fourth-order valence-corrected chi connectivity index (χ4v) is 1.35. The molecule has 16 heavy (non-hydrogen) atoms. The van der Waals surface area contributed by atoms with Gasteiger partial charge in [-0.15, -0.1) is 0 Å². The van der Waals surface area contributed by atoms with E-state index in [1.807, 2.05) is 12.3 Å². The van der Waals surface area contributed by atoms with Crippen LogP contribution < -0.4 is 10.5 Å². The van der Waals surface area contributed by atoms with E-state index in [0.717, 1.165) is 30.8 Å². The Bertz CT molecular complexity index is 348. The maximum absolute atomic E-state index is 5.54. The number of ether oxygens (including phenoxy) is 1. The smallest absolute Gasteiger partial charge is 0.138 e. The Morgan fingerprint density at radius 3 is 3.00 bits per heavy atom. The van der Waals surface area contributed by atoms with Gasteiger partial charge in [0.2, 0.25) is 0 Å². The van der Waals surface area contributed by atoms with E-state index in [0.29, 0.717) is 6.54 Å². The van der Waals surface area contributed by atoms with Gasteiger partial charge < -0.3 is 10.5 Å². The third-order valence-electron chi connectivity index (χ3n) is 2.26. The van der Waals surface area contributed by atoms with E-state index in [-0.39, 0.29) is 0 Å². The van der Waals surface area contributed by atoms with Gasteiger partial charge in [0.05, 0.1) is 12.8 Å². The number of hydrogen-bond acceptors (Lipinski definition) is 3. The number of allylic oxidation sites excluding steroid dienone is 1. The first-order chi connectivity index (χ1) is 7.77. The van der Waals surface area contributed by atoms with Crippen molar-refractivity contribution in [2.75, 3.05) is 13.2 Å². The molecule has 88 valence electrons. The monoisotopic (exact) mass is 220 g/mol. The number of hydrogen-bond donors (Lipinski definition) is 1. The van der Waals surface area contributed by atoms with Crippen molar-refractivity contribution in [2.24, 2.45) is 5.73 Å². The molecule has 1 rings (SSSR count). The zero-order valence-corrected chi connectivity index (χ0v) is 10.1. The Balaban J connectivity index is 2.73. The van der Waals surface area contributed by atoms with Crippen LogP contribution in [0.3, 0.4) is 0 Å². The Morgan fingerprint density at radius 1 is 1.50 bits per heavy atom. The number of nitrogens with zero attached hydrogens (tertiary/aromatic N) is 1. The van der Waals surface area contributed by atoms with Crippen molar-refractivity contribution in [1.29, 1.82) is 0 Å². The van der Waals surface area contributed by atoms with E-state index >= 15 is 0 Å². The molecule has 3 nitrogen and oxygen atoms in total. The van der Waals surface area contributed by atoms with E-state index in [1.54, 1.807) is 6.20 Å². The SMILES string of the molecule is CCCOc1cncc(/C(C)=C/CCN)c1. The molecule has 0 aliphatic carbocycles. The average Bonchev–Trinajstić information content (AvgIpc) is 2.33. The molecule has 0 spiro atoms. The van der Waals surface area contributed by atoms with Crippen molar-refractivity contribution >= 4 is 5.57 Å². The van der Waals surface area contributed by atoms with Crippen molar-refractivity contribution in [3.63, 3.8) is 0 Å². The molecule has 0 amide bonds. The highest BCUT2D eigenvalue weighted by Gasteiger charge is 1.99. The lowest BCUT2D eigenvalue weighted by molar-refractivity contribution is 0.316. The van der Waals surface area contributed by atoms with Gasteiger partial charge in [-0.05, 0) is 43.5 Å². The van der Waals surface area contributed by atoms with Crippen molar-refractivity contribution in [3.05, 3.63) is 30.1 Å². The summed E-state index contributed by atoms with van der Waals surface area (Å²) in [7, 11) is 0. The first kappa shape index (κ1) is 12.7. The third kappa shape index (κ3) is 4.03. The van der Waals surface area contributed by atoms with E-state index in [2.05, 4.69) is 24.9 Å². The minimum absolute atomic E-state index is 0.677. The van der Waals surface area contributed by atoms with Crippen LogP contribution in [0.2, 0.25) is 0 Å².